The molecule has 0 aliphatic carbocycles. The van der Waals surface area contributed by atoms with Crippen LogP contribution in [0.15, 0.2) is 53.2 Å². The van der Waals surface area contributed by atoms with E-state index in [0.29, 0.717) is 23.9 Å². The van der Waals surface area contributed by atoms with Gasteiger partial charge in [-0.3, -0.25) is 14.6 Å². The minimum Gasteiger partial charge on any atom is -0.493 e. The first-order valence-corrected chi connectivity index (χ1v) is 12.4. The Kier molecular flexibility index (Phi) is 7.25. The van der Waals surface area contributed by atoms with Gasteiger partial charge < -0.3 is 19.0 Å². The fraction of sp³-hybridized carbons (Fsp3) is 0.429. The van der Waals surface area contributed by atoms with E-state index in [9.17, 15) is 4.79 Å². The maximum atomic E-state index is 11.4. The normalized spacial score (nSPS) is 22.1. The lowest BCUT2D eigenvalue weighted by molar-refractivity contribution is -0.132. The number of esters is 1. The highest BCUT2D eigenvalue weighted by atomic mass is 16.6. The Labute approximate surface area is 212 Å². The predicted molar refractivity (Wildman–Crippen MR) is 138 cm³/mol. The van der Waals surface area contributed by atoms with Crippen LogP contribution in [-0.4, -0.2) is 80.6 Å². The molecule has 0 N–H and O–H groups in total. The Morgan fingerprint density at radius 1 is 1.08 bits per heavy atom. The average Bonchev–Trinajstić information content (AvgIpc) is 3.28. The summed E-state index contributed by atoms with van der Waals surface area (Å²) in [5, 5.41) is 4.43. The number of rotatable bonds is 7. The van der Waals surface area contributed by atoms with E-state index in [4.69, 9.17) is 19.0 Å². The second kappa shape index (κ2) is 10.7. The van der Waals surface area contributed by atoms with Gasteiger partial charge in [0.05, 0.1) is 13.0 Å². The van der Waals surface area contributed by atoms with Gasteiger partial charge in [-0.05, 0) is 18.6 Å². The summed E-state index contributed by atoms with van der Waals surface area (Å²) in [6, 6.07) is 14.0. The van der Waals surface area contributed by atoms with Crippen molar-refractivity contribution in [3.8, 4) is 17.2 Å². The lowest BCUT2D eigenvalue weighted by Crippen LogP contribution is -2.50. The number of benzene rings is 2. The molecule has 3 aliphatic heterocycles. The zero-order chi connectivity index (χ0) is 25.1. The van der Waals surface area contributed by atoms with Crippen molar-refractivity contribution in [1.29, 1.82) is 0 Å². The molecular formula is C28H33N3O5. The third kappa shape index (κ3) is 5.39. The summed E-state index contributed by atoms with van der Waals surface area (Å²) >= 11 is 0. The molecule has 0 bridgehead atoms. The van der Waals surface area contributed by atoms with Gasteiger partial charge in [-0.15, -0.1) is 0 Å². The van der Waals surface area contributed by atoms with Crippen molar-refractivity contribution in [2.45, 2.75) is 20.0 Å². The van der Waals surface area contributed by atoms with E-state index >= 15 is 0 Å². The van der Waals surface area contributed by atoms with Gasteiger partial charge in [-0.1, -0.05) is 47.1 Å². The van der Waals surface area contributed by atoms with Crippen LogP contribution in [0.4, 0.5) is 0 Å². The molecule has 8 nitrogen and oxygen atoms in total. The molecule has 3 heterocycles. The van der Waals surface area contributed by atoms with Gasteiger partial charge in [0.15, 0.2) is 17.6 Å². The SMILES string of the molecule is COc1cc2c(cc1OC(C)=O)OCC1C2=NOC1CN1CCN(CC(C)=Cc2ccccc2)CC1. The first kappa shape index (κ1) is 24.3. The summed E-state index contributed by atoms with van der Waals surface area (Å²) < 4.78 is 16.8. The van der Waals surface area contributed by atoms with Crippen molar-refractivity contribution in [2.75, 3.05) is 53.0 Å². The van der Waals surface area contributed by atoms with Crippen LogP contribution >= 0.6 is 0 Å². The van der Waals surface area contributed by atoms with Crippen molar-refractivity contribution in [1.82, 2.24) is 9.80 Å². The fourth-order valence-corrected chi connectivity index (χ4v) is 5.09. The van der Waals surface area contributed by atoms with Gasteiger partial charge in [-0.2, -0.15) is 0 Å². The quantitative estimate of drug-likeness (QED) is 0.434. The summed E-state index contributed by atoms with van der Waals surface area (Å²) in [5.41, 5.74) is 4.32. The molecule has 0 radical (unpaired) electrons. The van der Waals surface area contributed by atoms with E-state index in [1.165, 1.54) is 18.1 Å². The molecule has 2 unspecified atom stereocenters. The molecule has 1 fully saturated rings. The van der Waals surface area contributed by atoms with Crippen LogP contribution in [-0.2, 0) is 9.63 Å². The van der Waals surface area contributed by atoms with Crippen LogP contribution in [0.2, 0.25) is 0 Å². The Morgan fingerprint density at radius 3 is 2.56 bits per heavy atom. The highest BCUT2D eigenvalue weighted by molar-refractivity contribution is 6.06. The van der Waals surface area contributed by atoms with E-state index in [0.717, 1.165) is 50.5 Å². The predicted octanol–water partition coefficient (Wildman–Crippen LogP) is 3.45. The largest absolute Gasteiger partial charge is 0.493 e. The Balaban J connectivity index is 1.16. The van der Waals surface area contributed by atoms with Crippen LogP contribution in [0, 0.1) is 5.92 Å². The highest BCUT2D eigenvalue weighted by Gasteiger charge is 2.41. The van der Waals surface area contributed by atoms with Crippen LogP contribution in [0.5, 0.6) is 17.2 Å². The molecule has 2 atom stereocenters. The van der Waals surface area contributed by atoms with E-state index in [-0.39, 0.29) is 12.0 Å². The maximum absolute atomic E-state index is 11.4. The van der Waals surface area contributed by atoms with Gasteiger partial charge in [-0.25, -0.2) is 0 Å². The van der Waals surface area contributed by atoms with Crippen molar-refractivity contribution < 1.29 is 23.8 Å². The van der Waals surface area contributed by atoms with Gasteiger partial charge in [0.25, 0.3) is 0 Å². The summed E-state index contributed by atoms with van der Waals surface area (Å²) in [6.07, 6.45) is 2.21. The summed E-state index contributed by atoms with van der Waals surface area (Å²) in [5.74, 6) is 1.07. The van der Waals surface area contributed by atoms with Crippen molar-refractivity contribution >= 4 is 17.8 Å². The van der Waals surface area contributed by atoms with Gasteiger partial charge in [0.2, 0.25) is 0 Å². The first-order valence-electron chi connectivity index (χ1n) is 12.4. The minimum atomic E-state index is -0.411. The summed E-state index contributed by atoms with van der Waals surface area (Å²) in [6.45, 7) is 9.89. The zero-order valence-electron chi connectivity index (χ0n) is 21.1. The van der Waals surface area contributed by atoms with Gasteiger partial charge in [0.1, 0.15) is 18.1 Å². The molecule has 36 heavy (non-hydrogen) atoms. The molecule has 8 heteroatoms. The number of carbonyl (C=O) groups excluding carboxylic acids is 1. The molecule has 2 aromatic carbocycles. The number of piperazine rings is 1. The smallest absolute Gasteiger partial charge is 0.308 e. The average molecular weight is 492 g/mol. The Hall–Kier alpha value is -3.36. The third-order valence-electron chi connectivity index (χ3n) is 6.89. The third-order valence-corrected chi connectivity index (χ3v) is 6.89. The van der Waals surface area contributed by atoms with Crippen molar-refractivity contribution in [2.24, 2.45) is 11.1 Å². The zero-order valence-corrected chi connectivity index (χ0v) is 21.1. The lowest BCUT2D eigenvalue weighted by atomic mass is 9.90. The number of nitrogens with zero attached hydrogens (tertiary/aromatic N) is 3. The first-order chi connectivity index (χ1) is 17.5. The molecule has 190 valence electrons. The molecule has 5 rings (SSSR count). The topological polar surface area (TPSA) is 72.8 Å². The second-order valence-corrected chi connectivity index (χ2v) is 9.61. The standard InChI is InChI=1S/C28H33N3O5/c1-19(13-21-7-5-4-6-8-21)16-30-9-11-31(12-10-30)17-27-23-18-34-24-15-26(35-20(2)32)25(33-3)14-22(24)28(23)29-36-27/h4-8,13-15,23,27H,9-12,16-18H2,1-3H3. The van der Waals surface area contributed by atoms with Crippen molar-refractivity contribution in [3.05, 3.63) is 59.2 Å². The number of oxime groups is 1. The van der Waals surface area contributed by atoms with Crippen LogP contribution in [0.3, 0.4) is 0 Å². The number of ether oxygens (including phenoxy) is 3. The monoisotopic (exact) mass is 491 g/mol. The van der Waals surface area contributed by atoms with E-state index in [1.807, 2.05) is 12.1 Å². The molecule has 1 saturated heterocycles. The molecule has 0 spiro atoms. The molecule has 0 aromatic heterocycles. The Bertz CT molecular complexity index is 1160. The van der Waals surface area contributed by atoms with E-state index in [1.54, 1.807) is 13.2 Å². The van der Waals surface area contributed by atoms with E-state index in [2.05, 4.69) is 52.2 Å². The molecule has 3 aliphatic rings. The summed E-state index contributed by atoms with van der Waals surface area (Å²) in [7, 11) is 1.55. The number of methoxy groups -OCH3 is 1. The summed E-state index contributed by atoms with van der Waals surface area (Å²) in [4.78, 5) is 22.3. The molecule has 2 aromatic rings. The second-order valence-electron chi connectivity index (χ2n) is 9.61. The maximum Gasteiger partial charge on any atom is 0.308 e. The lowest BCUT2D eigenvalue weighted by Gasteiger charge is -2.36. The minimum absolute atomic E-state index is 0.0517. The number of hydrogen-bond donors (Lipinski definition) is 0. The van der Waals surface area contributed by atoms with Gasteiger partial charge in [0, 0.05) is 57.8 Å². The number of carbonyl (C=O) groups is 1. The van der Waals surface area contributed by atoms with Crippen molar-refractivity contribution in [3.63, 3.8) is 0 Å². The fourth-order valence-electron chi connectivity index (χ4n) is 5.09. The molecule has 0 saturated carbocycles. The van der Waals surface area contributed by atoms with Crippen LogP contribution in [0.25, 0.3) is 6.08 Å². The number of fused-ring (bicyclic) bond motifs is 3. The van der Waals surface area contributed by atoms with E-state index < -0.39 is 5.97 Å². The molecule has 0 amide bonds. The Morgan fingerprint density at radius 2 is 1.83 bits per heavy atom. The van der Waals surface area contributed by atoms with Crippen LogP contribution < -0.4 is 14.2 Å². The van der Waals surface area contributed by atoms with Crippen LogP contribution in [0.1, 0.15) is 25.0 Å². The highest BCUT2D eigenvalue weighted by Crippen LogP contribution is 2.41. The number of hydrogen-bond acceptors (Lipinski definition) is 8. The molecular weight excluding hydrogens is 458 g/mol. The van der Waals surface area contributed by atoms with Gasteiger partial charge >= 0.3 is 5.97 Å².